The van der Waals surface area contributed by atoms with E-state index in [1.54, 1.807) is 12.1 Å². The van der Waals surface area contributed by atoms with E-state index in [-0.39, 0.29) is 12.6 Å². The van der Waals surface area contributed by atoms with Crippen LogP contribution in [0.4, 0.5) is 0 Å². The van der Waals surface area contributed by atoms with Crippen LogP contribution in [0.3, 0.4) is 0 Å². The summed E-state index contributed by atoms with van der Waals surface area (Å²) in [5, 5.41) is 9.67. The second-order valence-electron chi connectivity index (χ2n) is 6.11. The molecule has 0 heterocycles. The van der Waals surface area contributed by atoms with E-state index >= 15 is 0 Å². The highest BCUT2D eigenvalue weighted by Gasteiger charge is 2.15. The second-order valence-corrected chi connectivity index (χ2v) is 8.13. The average molecular weight is 347 g/mol. The normalized spacial score (nSPS) is 13.2. The fraction of sp³-hybridized carbons (Fsp3) is 0.368. The molecule has 0 aliphatic heterocycles. The van der Waals surface area contributed by atoms with Crippen LogP contribution in [0, 0.1) is 0 Å². The van der Waals surface area contributed by atoms with Gasteiger partial charge in [0.1, 0.15) is 0 Å². The fourth-order valence-corrected chi connectivity index (χ4v) is 3.40. The minimum atomic E-state index is -3.13. The van der Waals surface area contributed by atoms with E-state index in [4.69, 9.17) is 0 Å². The van der Waals surface area contributed by atoms with E-state index in [1.165, 1.54) is 6.26 Å². The molecule has 2 rings (SSSR count). The summed E-state index contributed by atoms with van der Waals surface area (Å²) in [6.45, 7) is 0.942. The molecule has 24 heavy (non-hydrogen) atoms. The van der Waals surface area contributed by atoms with Crippen LogP contribution in [0.5, 0.6) is 0 Å². The van der Waals surface area contributed by atoms with Crippen LogP contribution in [-0.2, 0) is 16.3 Å². The first kappa shape index (κ1) is 18.6. The van der Waals surface area contributed by atoms with Gasteiger partial charge < -0.3 is 5.11 Å². The topological polar surface area (TPSA) is 57.6 Å². The summed E-state index contributed by atoms with van der Waals surface area (Å²) in [7, 11) is -1.12. The summed E-state index contributed by atoms with van der Waals surface area (Å²) >= 11 is 0. The van der Waals surface area contributed by atoms with Crippen LogP contribution < -0.4 is 0 Å². The van der Waals surface area contributed by atoms with Crippen molar-refractivity contribution in [1.82, 2.24) is 4.90 Å². The third-order valence-electron chi connectivity index (χ3n) is 4.22. The predicted octanol–water partition coefficient (Wildman–Crippen LogP) is 2.69. The second kappa shape index (κ2) is 8.42. The largest absolute Gasteiger partial charge is 0.394 e. The number of benzene rings is 2. The van der Waals surface area contributed by atoms with E-state index < -0.39 is 9.84 Å². The first-order valence-electron chi connectivity index (χ1n) is 8.07. The molecule has 0 bridgehead atoms. The molecule has 5 heteroatoms. The maximum Gasteiger partial charge on any atom is 0.175 e. The Bertz CT molecular complexity index is 727. The van der Waals surface area contributed by atoms with E-state index in [1.807, 2.05) is 49.5 Å². The van der Waals surface area contributed by atoms with Crippen molar-refractivity contribution in [2.24, 2.45) is 0 Å². The highest BCUT2D eigenvalue weighted by Crippen LogP contribution is 2.19. The van der Waals surface area contributed by atoms with E-state index in [0.29, 0.717) is 4.90 Å². The quantitative estimate of drug-likeness (QED) is 0.798. The summed E-state index contributed by atoms with van der Waals surface area (Å²) in [5.74, 6) is 0. The first-order chi connectivity index (χ1) is 11.4. The minimum Gasteiger partial charge on any atom is -0.394 e. The van der Waals surface area contributed by atoms with Gasteiger partial charge >= 0.3 is 0 Å². The lowest BCUT2D eigenvalue weighted by atomic mass is 10.1. The van der Waals surface area contributed by atoms with Gasteiger partial charge in [-0.15, -0.1) is 0 Å². The van der Waals surface area contributed by atoms with Gasteiger partial charge in [-0.3, -0.25) is 4.90 Å². The predicted molar refractivity (Wildman–Crippen MR) is 96.8 cm³/mol. The van der Waals surface area contributed by atoms with Crippen molar-refractivity contribution in [2.45, 2.75) is 23.8 Å². The Morgan fingerprint density at radius 3 is 2.21 bits per heavy atom. The summed E-state index contributed by atoms with van der Waals surface area (Å²) in [4.78, 5) is 2.51. The summed E-state index contributed by atoms with van der Waals surface area (Å²) in [6, 6.07) is 17.1. The minimum absolute atomic E-state index is 0.00110. The SMILES string of the molecule is CN(CCCc1ccc(S(C)(=O)=O)cc1)C(CO)c1ccccc1. The maximum absolute atomic E-state index is 11.5. The molecule has 1 N–H and O–H groups in total. The molecule has 0 aliphatic carbocycles. The first-order valence-corrected chi connectivity index (χ1v) is 9.96. The van der Waals surface area contributed by atoms with Gasteiger partial charge in [-0.1, -0.05) is 42.5 Å². The molecular formula is C19H25NO3S. The van der Waals surface area contributed by atoms with Crippen molar-refractivity contribution in [2.75, 3.05) is 26.5 Å². The number of sulfone groups is 1. The molecule has 2 aromatic carbocycles. The summed E-state index contributed by atoms with van der Waals surface area (Å²) < 4.78 is 22.9. The zero-order valence-electron chi connectivity index (χ0n) is 14.2. The molecular weight excluding hydrogens is 322 g/mol. The molecule has 0 saturated carbocycles. The third-order valence-corrected chi connectivity index (χ3v) is 5.35. The molecule has 0 radical (unpaired) electrons. The molecule has 0 aliphatic rings. The summed E-state index contributed by atoms with van der Waals surface area (Å²) in [5.41, 5.74) is 2.23. The Labute approximate surface area is 144 Å². The Kier molecular flexibility index (Phi) is 6.54. The van der Waals surface area contributed by atoms with E-state index in [2.05, 4.69) is 4.90 Å². The molecule has 0 fully saturated rings. The molecule has 2 aromatic rings. The lowest BCUT2D eigenvalue weighted by Gasteiger charge is -2.26. The van der Waals surface area contributed by atoms with Crippen LogP contribution in [0.1, 0.15) is 23.6 Å². The van der Waals surface area contributed by atoms with Crippen LogP contribution in [0.2, 0.25) is 0 Å². The van der Waals surface area contributed by atoms with Crippen LogP contribution >= 0.6 is 0 Å². The van der Waals surface area contributed by atoms with Gasteiger partial charge in [-0.05, 0) is 49.7 Å². The van der Waals surface area contributed by atoms with Crippen LogP contribution in [0.25, 0.3) is 0 Å². The van der Waals surface area contributed by atoms with Crippen molar-refractivity contribution in [1.29, 1.82) is 0 Å². The summed E-state index contributed by atoms with van der Waals surface area (Å²) in [6.07, 6.45) is 3.04. The van der Waals surface area contributed by atoms with E-state index in [0.717, 1.165) is 30.5 Å². The molecule has 0 amide bonds. The fourth-order valence-electron chi connectivity index (χ4n) is 2.77. The van der Waals surface area contributed by atoms with Gasteiger partial charge in [-0.25, -0.2) is 8.42 Å². The van der Waals surface area contributed by atoms with Gasteiger partial charge in [0, 0.05) is 6.26 Å². The Hall–Kier alpha value is -1.69. The van der Waals surface area contributed by atoms with Gasteiger partial charge in [0.25, 0.3) is 0 Å². The number of aliphatic hydroxyl groups excluding tert-OH is 1. The Morgan fingerprint density at radius 1 is 1.04 bits per heavy atom. The highest BCUT2D eigenvalue weighted by molar-refractivity contribution is 7.90. The van der Waals surface area contributed by atoms with Gasteiger partial charge in [-0.2, -0.15) is 0 Å². The molecule has 1 unspecified atom stereocenters. The Morgan fingerprint density at radius 2 is 1.67 bits per heavy atom. The molecule has 0 spiro atoms. The number of rotatable bonds is 8. The van der Waals surface area contributed by atoms with Crippen molar-refractivity contribution in [3.63, 3.8) is 0 Å². The number of aliphatic hydroxyl groups is 1. The number of aryl methyl sites for hydroxylation is 1. The monoisotopic (exact) mass is 347 g/mol. The lowest BCUT2D eigenvalue weighted by molar-refractivity contribution is 0.147. The van der Waals surface area contributed by atoms with Crippen LogP contribution in [-0.4, -0.2) is 44.9 Å². The zero-order valence-corrected chi connectivity index (χ0v) is 15.0. The van der Waals surface area contributed by atoms with Crippen molar-refractivity contribution in [3.05, 3.63) is 65.7 Å². The molecule has 1 atom stereocenters. The number of hydrogen-bond acceptors (Lipinski definition) is 4. The average Bonchev–Trinajstić information content (AvgIpc) is 2.56. The maximum atomic E-state index is 11.5. The van der Waals surface area contributed by atoms with Crippen LogP contribution in [0.15, 0.2) is 59.5 Å². The smallest absolute Gasteiger partial charge is 0.175 e. The van der Waals surface area contributed by atoms with Gasteiger partial charge in [0.15, 0.2) is 9.84 Å². The lowest BCUT2D eigenvalue weighted by Crippen LogP contribution is -2.28. The van der Waals surface area contributed by atoms with E-state index in [9.17, 15) is 13.5 Å². The van der Waals surface area contributed by atoms with Crippen molar-refractivity contribution < 1.29 is 13.5 Å². The number of hydrogen-bond donors (Lipinski definition) is 1. The molecule has 130 valence electrons. The number of likely N-dealkylation sites (N-methyl/N-ethyl adjacent to an activating group) is 1. The number of nitrogens with zero attached hydrogens (tertiary/aromatic N) is 1. The van der Waals surface area contributed by atoms with Gasteiger partial charge in [0.2, 0.25) is 0 Å². The highest BCUT2D eigenvalue weighted by atomic mass is 32.2. The molecule has 0 saturated heterocycles. The van der Waals surface area contributed by atoms with Crippen molar-refractivity contribution in [3.8, 4) is 0 Å². The van der Waals surface area contributed by atoms with Gasteiger partial charge in [0.05, 0.1) is 17.5 Å². The third kappa shape index (κ3) is 5.16. The van der Waals surface area contributed by atoms with Crippen molar-refractivity contribution >= 4 is 9.84 Å². The standard InChI is InChI=1S/C19H25NO3S/c1-20(19(15-21)17-8-4-3-5-9-17)14-6-7-16-10-12-18(13-11-16)24(2,22)23/h3-5,8-13,19,21H,6-7,14-15H2,1-2H3. The zero-order chi connectivity index (χ0) is 17.6. The molecule has 0 aromatic heterocycles. The Balaban J connectivity index is 1.89. The molecule has 4 nitrogen and oxygen atoms in total.